The van der Waals surface area contributed by atoms with Crippen LogP contribution in [-0.2, 0) is 16.1 Å². The van der Waals surface area contributed by atoms with Crippen LogP contribution in [0.1, 0.15) is 43.5 Å². The van der Waals surface area contributed by atoms with Crippen molar-refractivity contribution in [1.82, 2.24) is 15.1 Å². The fourth-order valence-corrected chi connectivity index (χ4v) is 2.15. The number of rotatable bonds is 7. The molecule has 0 saturated carbocycles. The number of benzene rings is 1. The maximum Gasteiger partial charge on any atom is 0.407 e. The Kier molecular flexibility index (Phi) is 5.95. The zero-order valence-electron chi connectivity index (χ0n) is 13.7. The molecule has 1 aromatic carbocycles. The monoisotopic (exact) mass is 331 g/mol. The van der Waals surface area contributed by atoms with E-state index in [9.17, 15) is 9.59 Å². The van der Waals surface area contributed by atoms with E-state index in [2.05, 4.69) is 10.4 Å². The fourth-order valence-electron chi connectivity index (χ4n) is 2.15. The van der Waals surface area contributed by atoms with Crippen LogP contribution in [0.4, 0.5) is 4.79 Å². The van der Waals surface area contributed by atoms with Crippen molar-refractivity contribution in [2.24, 2.45) is 0 Å². The molecule has 0 spiro atoms. The standard InChI is InChI=1S/C17H21N3O4/c1-12(2)20-10-14(9-18-20)15(8-16(21)22)19-17(23)24-11-13-6-4-3-5-7-13/h3-7,9-10,12,15H,8,11H2,1-2H3,(H,19,23)(H,21,22)/t15-/m1/s1. The van der Waals surface area contributed by atoms with E-state index < -0.39 is 18.1 Å². The lowest BCUT2D eigenvalue weighted by Gasteiger charge is -2.15. The van der Waals surface area contributed by atoms with Gasteiger partial charge in [0.25, 0.3) is 0 Å². The van der Waals surface area contributed by atoms with Crippen LogP contribution in [0.5, 0.6) is 0 Å². The van der Waals surface area contributed by atoms with Gasteiger partial charge in [0, 0.05) is 17.8 Å². The lowest BCUT2D eigenvalue weighted by Crippen LogP contribution is -2.30. The number of nitrogens with zero attached hydrogens (tertiary/aromatic N) is 2. The van der Waals surface area contributed by atoms with Crippen molar-refractivity contribution in [2.75, 3.05) is 0 Å². The van der Waals surface area contributed by atoms with Gasteiger partial charge in [-0.3, -0.25) is 9.48 Å². The molecule has 128 valence electrons. The Morgan fingerprint density at radius 2 is 2.00 bits per heavy atom. The van der Waals surface area contributed by atoms with Gasteiger partial charge in [-0.25, -0.2) is 4.79 Å². The van der Waals surface area contributed by atoms with Crippen LogP contribution in [0.15, 0.2) is 42.7 Å². The third kappa shape index (κ3) is 5.12. The predicted molar refractivity (Wildman–Crippen MR) is 87.4 cm³/mol. The maximum absolute atomic E-state index is 12.0. The number of aliphatic carboxylic acids is 1. The zero-order valence-corrected chi connectivity index (χ0v) is 13.7. The smallest absolute Gasteiger partial charge is 0.407 e. The molecule has 0 aliphatic carbocycles. The second-order valence-corrected chi connectivity index (χ2v) is 5.70. The Morgan fingerprint density at radius 3 is 2.58 bits per heavy atom. The van der Waals surface area contributed by atoms with Crippen LogP contribution >= 0.6 is 0 Å². The molecule has 0 unspecified atom stereocenters. The van der Waals surface area contributed by atoms with Crippen molar-refractivity contribution in [3.8, 4) is 0 Å². The van der Waals surface area contributed by atoms with Gasteiger partial charge < -0.3 is 15.2 Å². The number of carbonyl (C=O) groups is 2. The molecule has 0 aliphatic rings. The highest BCUT2D eigenvalue weighted by Gasteiger charge is 2.21. The van der Waals surface area contributed by atoms with Crippen LogP contribution in [0, 0.1) is 0 Å². The van der Waals surface area contributed by atoms with E-state index >= 15 is 0 Å². The fraction of sp³-hybridized carbons (Fsp3) is 0.353. The summed E-state index contributed by atoms with van der Waals surface area (Å²) in [5.74, 6) is -1.01. The van der Waals surface area contributed by atoms with Crippen LogP contribution in [0.2, 0.25) is 0 Å². The Morgan fingerprint density at radius 1 is 1.29 bits per heavy atom. The Balaban J connectivity index is 1.99. The zero-order chi connectivity index (χ0) is 17.5. The van der Waals surface area contributed by atoms with E-state index in [1.165, 1.54) is 0 Å². The Labute approximate surface area is 140 Å². The lowest BCUT2D eigenvalue weighted by atomic mass is 10.1. The number of nitrogens with one attached hydrogen (secondary N) is 1. The van der Waals surface area contributed by atoms with Gasteiger partial charge in [0.1, 0.15) is 6.61 Å². The van der Waals surface area contributed by atoms with E-state index in [1.54, 1.807) is 17.1 Å². The van der Waals surface area contributed by atoms with Gasteiger partial charge in [-0.2, -0.15) is 5.10 Å². The molecule has 1 heterocycles. The van der Waals surface area contributed by atoms with Crippen LogP contribution in [-0.4, -0.2) is 26.9 Å². The van der Waals surface area contributed by atoms with Gasteiger partial charge in [0.2, 0.25) is 0 Å². The first-order valence-corrected chi connectivity index (χ1v) is 7.68. The van der Waals surface area contributed by atoms with Gasteiger partial charge in [-0.15, -0.1) is 0 Å². The van der Waals surface area contributed by atoms with Crippen molar-refractivity contribution < 1.29 is 19.4 Å². The molecule has 0 saturated heterocycles. The molecule has 0 bridgehead atoms. The molecule has 0 radical (unpaired) electrons. The van der Waals surface area contributed by atoms with Gasteiger partial charge in [0.05, 0.1) is 18.7 Å². The van der Waals surface area contributed by atoms with E-state index in [-0.39, 0.29) is 19.1 Å². The molecule has 1 atom stereocenters. The number of alkyl carbamates (subject to hydrolysis) is 1. The number of hydrogen-bond donors (Lipinski definition) is 2. The molecule has 7 nitrogen and oxygen atoms in total. The molecule has 7 heteroatoms. The van der Waals surface area contributed by atoms with Crippen molar-refractivity contribution >= 4 is 12.1 Å². The number of amides is 1. The quantitative estimate of drug-likeness (QED) is 0.813. The normalized spacial score (nSPS) is 12.0. The molecule has 0 fully saturated rings. The number of carboxylic acids is 1. The molecule has 2 rings (SSSR count). The Hall–Kier alpha value is -2.83. The summed E-state index contributed by atoms with van der Waals surface area (Å²) in [5, 5.41) is 15.8. The highest BCUT2D eigenvalue weighted by molar-refractivity contribution is 5.71. The molecule has 2 aromatic rings. The largest absolute Gasteiger partial charge is 0.481 e. The molecule has 24 heavy (non-hydrogen) atoms. The highest BCUT2D eigenvalue weighted by Crippen LogP contribution is 2.18. The predicted octanol–water partition coefficient (Wildman–Crippen LogP) is 2.91. The molecule has 1 amide bonds. The Bertz CT molecular complexity index is 682. The second kappa shape index (κ2) is 8.14. The lowest BCUT2D eigenvalue weighted by molar-refractivity contribution is -0.137. The maximum atomic E-state index is 12.0. The third-order valence-corrected chi connectivity index (χ3v) is 3.44. The summed E-state index contributed by atoms with van der Waals surface area (Å²) in [6.07, 6.45) is 2.38. The summed E-state index contributed by atoms with van der Waals surface area (Å²) in [6, 6.07) is 8.71. The van der Waals surface area contributed by atoms with Gasteiger partial charge in [-0.1, -0.05) is 30.3 Å². The van der Waals surface area contributed by atoms with E-state index in [4.69, 9.17) is 9.84 Å². The summed E-state index contributed by atoms with van der Waals surface area (Å²) in [6.45, 7) is 4.05. The van der Waals surface area contributed by atoms with Crippen molar-refractivity contribution in [1.29, 1.82) is 0 Å². The number of ether oxygens (including phenoxy) is 1. The number of carboxylic acid groups (broad SMARTS) is 1. The van der Waals surface area contributed by atoms with Crippen LogP contribution < -0.4 is 5.32 Å². The first-order valence-electron chi connectivity index (χ1n) is 7.68. The number of carbonyl (C=O) groups excluding carboxylic acids is 1. The average Bonchev–Trinajstić information content (AvgIpc) is 3.03. The molecule has 0 aliphatic heterocycles. The summed E-state index contributed by atoms with van der Waals surface area (Å²) >= 11 is 0. The minimum Gasteiger partial charge on any atom is -0.481 e. The average molecular weight is 331 g/mol. The van der Waals surface area contributed by atoms with Crippen molar-refractivity contribution in [3.05, 3.63) is 53.9 Å². The molecular weight excluding hydrogens is 310 g/mol. The number of hydrogen-bond acceptors (Lipinski definition) is 4. The van der Waals surface area contributed by atoms with E-state index in [0.717, 1.165) is 5.56 Å². The van der Waals surface area contributed by atoms with Crippen molar-refractivity contribution in [2.45, 2.75) is 39.0 Å². The summed E-state index contributed by atoms with van der Waals surface area (Å²) < 4.78 is 6.86. The van der Waals surface area contributed by atoms with Gasteiger partial charge in [0.15, 0.2) is 0 Å². The second-order valence-electron chi connectivity index (χ2n) is 5.70. The van der Waals surface area contributed by atoms with Gasteiger partial charge >= 0.3 is 12.1 Å². The molecular formula is C17H21N3O4. The summed E-state index contributed by atoms with van der Waals surface area (Å²) in [4.78, 5) is 23.0. The van der Waals surface area contributed by atoms with Crippen molar-refractivity contribution in [3.63, 3.8) is 0 Å². The number of aromatic nitrogens is 2. The van der Waals surface area contributed by atoms with E-state index in [0.29, 0.717) is 5.56 Å². The summed E-state index contributed by atoms with van der Waals surface area (Å²) in [5.41, 5.74) is 1.48. The highest BCUT2D eigenvalue weighted by atomic mass is 16.5. The molecule has 1 aromatic heterocycles. The summed E-state index contributed by atoms with van der Waals surface area (Å²) in [7, 11) is 0. The van der Waals surface area contributed by atoms with Gasteiger partial charge in [-0.05, 0) is 19.4 Å². The SMILES string of the molecule is CC(C)n1cc([C@@H](CC(=O)O)NC(=O)OCc2ccccc2)cn1. The van der Waals surface area contributed by atoms with E-state index in [1.807, 2.05) is 44.2 Å². The van der Waals surface area contributed by atoms with Crippen LogP contribution in [0.25, 0.3) is 0 Å². The van der Waals surface area contributed by atoms with Crippen LogP contribution in [0.3, 0.4) is 0 Å². The topological polar surface area (TPSA) is 93.5 Å². The first kappa shape index (κ1) is 17.5. The minimum atomic E-state index is -1.01. The third-order valence-electron chi connectivity index (χ3n) is 3.44. The molecule has 2 N–H and O–H groups in total. The first-order chi connectivity index (χ1) is 11.5. The minimum absolute atomic E-state index is 0.123.